The summed E-state index contributed by atoms with van der Waals surface area (Å²) in [7, 11) is 0. The minimum atomic E-state index is -0.191. The lowest BCUT2D eigenvalue weighted by Gasteiger charge is -1.98. The molecular weight excluding hydrogens is 248 g/mol. The number of carbonyl (C=O) groups excluding carboxylic acids is 1. The van der Waals surface area contributed by atoms with Crippen molar-refractivity contribution in [2.75, 3.05) is 6.61 Å². The SMILES string of the molecule is CCCCCCCCCC=CC=CCCCOC(C)=O. The van der Waals surface area contributed by atoms with Crippen LogP contribution in [0.2, 0.25) is 0 Å². The van der Waals surface area contributed by atoms with Crippen molar-refractivity contribution in [2.45, 2.75) is 78.1 Å². The van der Waals surface area contributed by atoms with Gasteiger partial charge in [-0.15, -0.1) is 0 Å². The molecule has 0 aromatic carbocycles. The molecule has 0 fully saturated rings. The monoisotopic (exact) mass is 280 g/mol. The average Bonchev–Trinajstić information content (AvgIpc) is 2.43. The lowest BCUT2D eigenvalue weighted by molar-refractivity contribution is -0.141. The number of esters is 1. The molecule has 0 aromatic heterocycles. The van der Waals surface area contributed by atoms with E-state index >= 15 is 0 Å². The number of hydrogen-bond acceptors (Lipinski definition) is 2. The zero-order valence-corrected chi connectivity index (χ0v) is 13.4. The summed E-state index contributed by atoms with van der Waals surface area (Å²) in [6.45, 7) is 4.23. The maximum Gasteiger partial charge on any atom is 0.302 e. The van der Waals surface area contributed by atoms with Crippen LogP contribution in [0.3, 0.4) is 0 Å². The molecular formula is C18H32O2. The minimum absolute atomic E-state index is 0.191. The van der Waals surface area contributed by atoms with E-state index in [-0.39, 0.29) is 5.97 Å². The molecule has 20 heavy (non-hydrogen) atoms. The second-order valence-electron chi connectivity index (χ2n) is 5.25. The Hall–Kier alpha value is -1.05. The standard InChI is InChI=1S/C18H32O2/c1-3-4-5-6-7-8-9-10-11-12-13-14-15-16-17-20-18(2)19/h11-14H,3-10,15-17H2,1-2H3. The van der Waals surface area contributed by atoms with E-state index in [0.29, 0.717) is 6.61 Å². The molecule has 116 valence electrons. The summed E-state index contributed by atoms with van der Waals surface area (Å²) in [5, 5.41) is 0. The predicted octanol–water partition coefficient (Wildman–Crippen LogP) is 5.58. The van der Waals surface area contributed by atoms with Crippen molar-refractivity contribution in [2.24, 2.45) is 0 Å². The summed E-state index contributed by atoms with van der Waals surface area (Å²) in [4.78, 5) is 10.5. The highest BCUT2D eigenvalue weighted by molar-refractivity contribution is 5.65. The van der Waals surface area contributed by atoms with Gasteiger partial charge in [0.25, 0.3) is 0 Å². The molecule has 0 heterocycles. The highest BCUT2D eigenvalue weighted by atomic mass is 16.5. The van der Waals surface area contributed by atoms with Crippen LogP contribution in [0.25, 0.3) is 0 Å². The molecule has 0 rings (SSSR count). The van der Waals surface area contributed by atoms with Crippen LogP contribution >= 0.6 is 0 Å². The second-order valence-corrected chi connectivity index (χ2v) is 5.25. The Kier molecular flexibility index (Phi) is 15.2. The zero-order valence-electron chi connectivity index (χ0n) is 13.4. The summed E-state index contributed by atoms with van der Waals surface area (Å²) < 4.78 is 4.86. The Morgan fingerprint density at radius 3 is 2.00 bits per heavy atom. The van der Waals surface area contributed by atoms with E-state index in [1.165, 1.54) is 58.3 Å². The summed E-state index contributed by atoms with van der Waals surface area (Å²) in [5.41, 5.74) is 0. The van der Waals surface area contributed by atoms with Crippen molar-refractivity contribution < 1.29 is 9.53 Å². The number of allylic oxidation sites excluding steroid dienone is 4. The average molecular weight is 280 g/mol. The topological polar surface area (TPSA) is 26.3 Å². The lowest BCUT2D eigenvalue weighted by Crippen LogP contribution is -1.99. The predicted molar refractivity (Wildman–Crippen MR) is 86.8 cm³/mol. The van der Waals surface area contributed by atoms with E-state index in [1.54, 1.807) is 0 Å². The van der Waals surface area contributed by atoms with Crippen molar-refractivity contribution in [1.29, 1.82) is 0 Å². The van der Waals surface area contributed by atoms with Crippen molar-refractivity contribution >= 4 is 5.97 Å². The van der Waals surface area contributed by atoms with Gasteiger partial charge in [-0.25, -0.2) is 0 Å². The summed E-state index contributed by atoms with van der Waals surface area (Å²) >= 11 is 0. The van der Waals surface area contributed by atoms with Gasteiger partial charge in [-0.05, 0) is 25.7 Å². The number of ether oxygens (including phenoxy) is 1. The summed E-state index contributed by atoms with van der Waals surface area (Å²) in [6, 6.07) is 0. The van der Waals surface area contributed by atoms with E-state index in [4.69, 9.17) is 4.74 Å². The molecule has 0 aliphatic heterocycles. The highest BCUT2D eigenvalue weighted by Gasteiger charge is 1.90. The Balaban J connectivity index is 3.20. The molecule has 0 bridgehead atoms. The van der Waals surface area contributed by atoms with E-state index in [0.717, 1.165) is 12.8 Å². The van der Waals surface area contributed by atoms with Crippen LogP contribution in [-0.2, 0) is 9.53 Å². The molecule has 0 saturated carbocycles. The quantitative estimate of drug-likeness (QED) is 0.250. The fourth-order valence-corrected chi connectivity index (χ4v) is 1.99. The summed E-state index contributed by atoms with van der Waals surface area (Å²) in [6.07, 6.45) is 21.2. The van der Waals surface area contributed by atoms with Gasteiger partial charge in [-0.1, -0.05) is 69.8 Å². The first-order valence-electron chi connectivity index (χ1n) is 8.22. The van der Waals surface area contributed by atoms with Gasteiger partial charge in [0.1, 0.15) is 0 Å². The van der Waals surface area contributed by atoms with Crippen molar-refractivity contribution in [3.05, 3.63) is 24.3 Å². The van der Waals surface area contributed by atoms with Gasteiger partial charge in [0, 0.05) is 6.92 Å². The molecule has 2 nitrogen and oxygen atoms in total. The maximum absolute atomic E-state index is 10.5. The molecule has 0 aromatic rings. The third kappa shape index (κ3) is 16.9. The first-order chi connectivity index (χ1) is 9.77. The number of unbranched alkanes of at least 4 members (excludes halogenated alkanes) is 8. The molecule has 0 aliphatic rings. The third-order valence-corrected chi connectivity index (χ3v) is 3.18. The molecule has 2 heteroatoms. The minimum Gasteiger partial charge on any atom is -0.466 e. The van der Waals surface area contributed by atoms with Gasteiger partial charge in [0.05, 0.1) is 6.61 Å². The number of carbonyl (C=O) groups is 1. The van der Waals surface area contributed by atoms with Crippen LogP contribution in [0.1, 0.15) is 78.1 Å². The molecule has 0 amide bonds. The van der Waals surface area contributed by atoms with E-state index in [2.05, 4.69) is 31.2 Å². The Bertz CT molecular complexity index is 267. The van der Waals surface area contributed by atoms with Gasteiger partial charge in [-0.2, -0.15) is 0 Å². The number of hydrogen-bond donors (Lipinski definition) is 0. The van der Waals surface area contributed by atoms with E-state index < -0.39 is 0 Å². The van der Waals surface area contributed by atoms with Crippen LogP contribution in [-0.4, -0.2) is 12.6 Å². The number of rotatable bonds is 13. The fourth-order valence-electron chi connectivity index (χ4n) is 1.99. The Morgan fingerprint density at radius 2 is 1.40 bits per heavy atom. The third-order valence-electron chi connectivity index (χ3n) is 3.18. The van der Waals surface area contributed by atoms with Crippen LogP contribution in [0.5, 0.6) is 0 Å². The second kappa shape index (κ2) is 16.0. The van der Waals surface area contributed by atoms with Crippen molar-refractivity contribution in [3.8, 4) is 0 Å². The van der Waals surface area contributed by atoms with Gasteiger partial charge >= 0.3 is 5.97 Å². The molecule has 0 aliphatic carbocycles. The van der Waals surface area contributed by atoms with E-state index in [1.807, 2.05) is 0 Å². The molecule has 0 unspecified atom stereocenters. The van der Waals surface area contributed by atoms with Gasteiger partial charge < -0.3 is 4.74 Å². The lowest BCUT2D eigenvalue weighted by atomic mass is 10.1. The summed E-state index contributed by atoms with van der Waals surface area (Å²) in [5.74, 6) is -0.191. The first kappa shape index (κ1) is 18.9. The highest BCUT2D eigenvalue weighted by Crippen LogP contribution is 2.08. The largest absolute Gasteiger partial charge is 0.466 e. The fraction of sp³-hybridized carbons (Fsp3) is 0.722. The van der Waals surface area contributed by atoms with Crippen molar-refractivity contribution in [1.82, 2.24) is 0 Å². The van der Waals surface area contributed by atoms with Crippen LogP contribution in [0.15, 0.2) is 24.3 Å². The maximum atomic E-state index is 10.5. The van der Waals surface area contributed by atoms with Gasteiger partial charge in [0.15, 0.2) is 0 Å². The van der Waals surface area contributed by atoms with Crippen molar-refractivity contribution in [3.63, 3.8) is 0 Å². The molecule has 0 spiro atoms. The molecule has 0 atom stereocenters. The Labute approximate surface area is 125 Å². The molecule has 0 radical (unpaired) electrons. The van der Waals surface area contributed by atoms with Crippen LogP contribution < -0.4 is 0 Å². The smallest absolute Gasteiger partial charge is 0.302 e. The first-order valence-corrected chi connectivity index (χ1v) is 8.22. The zero-order chi connectivity index (χ0) is 14.9. The van der Waals surface area contributed by atoms with Gasteiger partial charge in [0.2, 0.25) is 0 Å². The van der Waals surface area contributed by atoms with Gasteiger partial charge in [-0.3, -0.25) is 4.79 Å². The van der Waals surface area contributed by atoms with Crippen LogP contribution in [0.4, 0.5) is 0 Å². The normalized spacial score (nSPS) is 11.5. The molecule has 0 saturated heterocycles. The molecule has 0 N–H and O–H groups in total. The Morgan fingerprint density at radius 1 is 0.850 bits per heavy atom. The van der Waals surface area contributed by atoms with E-state index in [9.17, 15) is 4.79 Å². The van der Waals surface area contributed by atoms with Crippen LogP contribution in [0, 0.1) is 0 Å².